The van der Waals surface area contributed by atoms with Crippen molar-refractivity contribution in [2.24, 2.45) is 5.92 Å². The Balaban J connectivity index is 1.69. The minimum atomic E-state index is -1.12. The van der Waals surface area contributed by atoms with Crippen LogP contribution in [-0.4, -0.2) is 26.0 Å². The van der Waals surface area contributed by atoms with E-state index in [1.54, 1.807) is 31.3 Å². The minimum absolute atomic E-state index is 0.281. The lowest BCUT2D eigenvalue weighted by Gasteiger charge is -2.24. The van der Waals surface area contributed by atoms with E-state index in [1.807, 2.05) is 12.1 Å². The van der Waals surface area contributed by atoms with Gasteiger partial charge < -0.3 is 10.4 Å². The molecule has 0 aliphatic heterocycles. The molecular weight excluding hydrogens is 384 g/mol. The van der Waals surface area contributed by atoms with E-state index in [0.717, 1.165) is 21.1 Å². The average molecular weight is 411 g/mol. The molecule has 2 N–H and O–H groups in total. The van der Waals surface area contributed by atoms with Gasteiger partial charge in [0.05, 0.1) is 20.8 Å². The molecule has 0 atom stereocenters. The molecule has 6 nitrogen and oxygen atoms in total. The van der Waals surface area contributed by atoms with Crippen molar-refractivity contribution in [1.29, 1.82) is 0 Å². The number of amides is 1. The lowest BCUT2D eigenvalue weighted by Crippen LogP contribution is -2.21. The first-order valence-electron chi connectivity index (χ1n) is 10.1. The van der Waals surface area contributed by atoms with Crippen LogP contribution in [0.25, 0.3) is 10.2 Å². The maximum atomic E-state index is 12.6. The molecule has 0 spiro atoms. The number of carbonyl (C=O) groups is 1. The van der Waals surface area contributed by atoms with Crippen LogP contribution >= 0.6 is 11.3 Å². The molecule has 29 heavy (non-hydrogen) atoms. The predicted octanol–water partition coefficient (Wildman–Crippen LogP) is 4.86. The van der Waals surface area contributed by atoms with Crippen LogP contribution < -0.4 is 5.32 Å². The molecule has 0 radical (unpaired) electrons. The Labute approximate surface area is 174 Å². The minimum Gasteiger partial charge on any atom is -0.386 e. The number of benzene rings is 1. The second-order valence-electron chi connectivity index (χ2n) is 8.48. The Morgan fingerprint density at radius 2 is 2.00 bits per heavy atom. The number of nitrogens with one attached hydrogen (secondary N) is 1. The van der Waals surface area contributed by atoms with Crippen LogP contribution in [0.1, 0.15) is 73.4 Å². The quantitative estimate of drug-likeness (QED) is 0.641. The number of fused-ring (bicyclic) bond motifs is 1. The van der Waals surface area contributed by atoms with Crippen molar-refractivity contribution >= 4 is 33.1 Å². The second kappa shape index (κ2) is 7.80. The molecular formula is C22H26N4O2S. The van der Waals surface area contributed by atoms with Crippen molar-refractivity contribution in [1.82, 2.24) is 15.0 Å². The first-order valence-corrected chi connectivity index (χ1v) is 10.9. The molecule has 2 heterocycles. The number of hydrogen-bond acceptors (Lipinski definition) is 6. The number of aromatic nitrogens is 3. The molecule has 0 bridgehead atoms. The molecule has 3 aromatic rings. The van der Waals surface area contributed by atoms with Crippen molar-refractivity contribution in [3.05, 3.63) is 47.0 Å². The average Bonchev–Trinajstić information content (AvgIpc) is 3.11. The molecule has 4 rings (SSSR count). The SMILES string of the molecule is CC1CCC(c2nc3cc(C(C)(C)O)c(NC(=O)c4ccncn4)cc3s2)CC1. The molecule has 152 valence electrons. The summed E-state index contributed by atoms with van der Waals surface area (Å²) in [6.45, 7) is 5.74. The third-order valence-corrected chi connectivity index (χ3v) is 6.81. The van der Waals surface area contributed by atoms with Crippen molar-refractivity contribution in [3.8, 4) is 0 Å². The van der Waals surface area contributed by atoms with E-state index >= 15 is 0 Å². The van der Waals surface area contributed by atoms with Gasteiger partial charge in [-0.2, -0.15) is 0 Å². The van der Waals surface area contributed by atoms with Crippen LogP contribution in [0.15, 0.2) is 30.7 Å². The van der Waals surface area contributed by atoms with Gasteiger partial charge in [-0.25, -0.2) is 15.0 Å². The number of carbonyl (C=O) groups excluding carboxylic acids is 1. The zero-order chi connectivity index (χ0) is 20.6. The summed E-state index contributed by atoms with van der Waals surface area (Å²) in [5.41, 5.74) is 1.26. The van der Waals surface area contributed by atoms with E-state index in [9.17, 15) is 9.90 Å². The third-order valence-electron chi connectivity index (χ3n) is 5.63. The van der Waals surface area contributed by atoms with Crippen LogP contribution in [0, 0.1) is 5.92 Å². The number of hydrogen-bond donors (Lipinski definition) is 2. The van der Waals surface area contributed by atoms with E-state index in [0.29, 0.717) is 17.2 Å². The highest BCUT2D eigenvalue weighted by Crippen LogP contribution is 2.41. The van der Waals surface area contributed by atoms with Crippen molar-refractivity contribution in [3.63, 3.8) is 0 Å². The number of anilines is 1. The normalized spacial score (nSPS) is 20.0. The van der Waals surface area contributed by atoms with Crippen LogP contribution in [0.2, 0.25) is 0 Å². The van der Waals surface area contributed by atoms with Crippen LogP contribution in [-0.2, 0) is 5.60 Å². The lowest BCUT2D eigenvalue weighted by molar-refractivity contribution is 0.0794. The number of aliphatic hydroxyl groups is 1. The third kappa shape index (κ3) is 4.31. The van der Waals surface area contributed by atoms with Gasteiger partial charge in [-0.15, -0.1) is 11.3 Å². The largest absolute Gasteiger partial charge is 0.386 e. The Morgan fingerprint density at radius 3 is 2.66 bits per heavy atom. The van der Waals surface area contributed by atoms with Gasteiger partial charge in [0.25, 0.3) is 5.91 Å². The molecule has 1 aliphatic rings. The van der Waals surface area contributed by atoms with Gasteiger partial charge >= 0.3 is 0 Å². The highest BCUT2D eigenvalue weighted by Gasteiger charge is 2.26. The number of thiazole rings is 1. The highest BCUT2D eigenvalue weighted by atomic mass is 32.1. The zero-order valence-electron chi connectivity index (χ0n) is 17.0. The standard InChI is InChI=1S/C22H26N4O2S/c1-13-4-6-14(7-5-13)21-26-18-10-15(22(2,3)28)17(11-19(18)29-21)25-20(27)16-8-9-23-12-24-16/h8-14,28H,4-7H2,1-3H3,(H,25,27). The topological polar surface area (TPSA) is 88.0 Å². The second-order valence-corrected chi connectivity index (χ2v) is 9.54. The van der Waals surface area contributed by atoms with Crippen molar-refractivity contribution in [2.45, 2.75) is 58.0 Å². The van der Waals surface area contributed by atoms with E-state index in [-0.39, 0.29) is 11.6 Å². The van der Waals surface area contributed by atoms with E-state index in [2.05, 4.69) is 22.2 Å². The van der Waals surface area contributed by atoms with Crippen LogP contribution in [0.3, 0.4) is 0 Å². The first kappa shape index (κ1) is 19.9. The van der Waals surface area contributed by atoms with Gasteiger partial charge in [0.2, 0.25) is 0 Å². The van der Waals surface area contributed by atoms with Crippen molar-refractivity contribution < 1.29 is 9.90 Å². The summed E-state index contributed by atoms with van der Waals surface area (Å²) in [6.07, 6.45) is 7.72. The molecule has 1 fully saturated rings. The smallest absolute Gasteiger partial charge is 0.274 e. The fourth-order valence-corrected chi connectivity index (χ4v) is 5.05. The maximum Gasteiger partial charge on any atom is 0.274 e. The molecule has 1 aromatic carbocycles. The van der Waals surface area contributed by atoms with E-state index < -0.39 is 5.60 Å². The lowest BCUT2D eigenvalue weighted by atomic mass is 9.83. The molecule has 1 amide bonds. The molecule has 0 unspecified atom stereocenters. The molecule has 1 saturated carbocycles. The summed E-state index contributed by atoms with van der Waals surface area (Å²) in [5.74, 6) is 0.975. The van der Waals surface area contributed by atoms with E-state index in [1.165, 1.54) is 38.2 Å². The first-order chi connectivity index (χ1) is 13.8. The summed E-state index contributed by atoms with van der Waals surface area (Å²) in [6, 6.07) is 5.39. The monoisotopic (exact) mass is 410 g/mol. The summed E-state index contributed by atoms with van der Waals surface area (Å²) >= 11 is 1.69. The van der Waals surface area contributed by atoms with Gasteiger partial charge in [0.1, 0.15) is 12.0 Å². The Kier molecular flexibility index (Phi) is 5.36. The van der Waals surface area contributed by atoms with E-state index in [4.69, 9.17) is 4.98 Å². The van der Waals surface area contributed by atoms with Gasteiger partial charge in [0.15, 0.2) is 0 Å². The fraction of sp³-hybridized carbons (Fsp3) is 0.455. The van der Waals surface area contributed by atoms with Gasteiger partial charge in [-0.05, 0) is 50.8 Å². The highest BCUT2D eigenvalue weighted by molar-refractivity contribution is 7.18. The number of nitrogens with zero attached hydrogens (tertiary/aromatic N) is 3. The molecule has 7 heteroatoms. The predicted molar refractivity (Wildman–Crippen MR) is 115 cm³/mol. The Bertz CT molecular complexity index is 1020. The molecule has 0 saturated heterocycles. The fourth-order valence-electron chi connectivity index (χ4n) is 3.89. The summed E-state index contributed by atoms with van der Waals surface area (Å²) in [7, 11) is 0. The molecule has 1 aliphatic carbocycles. The van der Waals surface area contributed by atoms with Crippen LogP contribution in [0.5, 0.6) is 0 Å². The van der Waals surface area contributed by atoms with Crippen LogP contribution in [0.4, 0.5) is 5.69 Å². The summed E-state index contributed by atoms with van der Waals surface area (Å²) in [4.78, 5) is 25.4. The zero-order valence-corrected chi connectivity index (χ0v) is 17.8. The molecule has 2 aromatic heterocycles. The summed E-state index contributed by atoms with van der Waals surface area (Å²) < 4.78 is 1.02. The van der Waals surface area contributed by atoms with Gasteiger partial charge in [0, 0.05) is 23.4 Å². The number of rotatable bonds is 4. The Hall–Kier alpha value is -2.38. The van der Waals surface area contributed by atoms with Gasteiger partial charge in [-0.1, -0.05) is 19.8 Å². The summed E-state index contributed by atoms with van der Waals surface area (Å²) in [5, 5.41) is 14.8. The Morgan fingerprint density at radius 1 is 1.24 bits per heavy atom. The maximum absolute atomic E-state index is 12.6. The van der Waals surface area contributed by atoms with Crippen molar-refractivity contribution in [2.75, 3.05) is 5.32 Å². The van der Waals surface area contributed by atoms with Gasteiger partial charge in [-0.3, -0.25) is 4.79 Å².